The lowest BCUT2D eigenvalue weighted by molar-refractivity contribution is -0.133. The van der Waals surface area contributed by atoms with E-state index in [1.807, 2.05) is 18.2 Å². The Morgan fingerprint density at radius 2 is 1.88 bits per heavy atom. The van der Waals surface area contributed by atoms with Crippen molar-refractivity contribution >= 4 is 52.3 Å². The molecule has 3 rings (SSSR count). The molecule has 1 heterocycles. The first-order chi connectivity index (χ1) is 12.0. The smallest absolute Gasteiger partial charge is 0.247 e. The lowest BCUT2D eigenvalue weighted by Gasteiger charge is -2.24. The second-order valence-electron chi connectivity index (χ2n) is 5.78. The highest BCUT2D eigenvalue weighted by atomic mass is 35.5. The van der Waals surface area contributed by atoms with Crippen molar-refractivity contribution in [2.24, 2.45) is 0 Å². The summed E-state index contributed by atoms with van der Waals surface area (Å²) in [6.45, 7) is 0.297. The first kappa shape index (κ1) is 18.1. The average Bonchev–Trinajstić information content (AvgIpc) is 2.93. The summed E-state index contributed by atoms with van der Waals surface area (Å²) in [5.41, 5.74) is 1.27. The summed E-state index contributed by atoms with van der Waals surface area (Å²) in [6, 6.07) is 11.6. The molecule has 2 amide bonds. The number of nitrogens with zero attached hydrogens (tertiary/aromatic N) is 1. The number of anilines is 1. The van der Waals surface area contributed by atoms with Gasteiger partial charge in [-0.25, -0.2) is 0 Å². The van der Waals surface area contributed by atoms with E-state index >= 15 is 0 Å². The van der Waals surface area contributed by atoms with E-state index in [-0.39, 0.29) is 11.8 Å². The summed E-state index contributed by atoms with van der Waals surface area (Å²) in [4.78, 5) is 26.4. The van der Waals surface area contributed by atoms with Crippen LogP contribution in [0.3, 0.4) is 0 Å². The minimum Gasteiger partial charge on any atom is -0.326 e. The Balaban J connectivity index is 1.76. The van der Waals surface area contributed by atoms with Crippen LogP contribution in [-0.4, -0.2) is 22.8 Å². The van der Waals surface area contributed by atoms with Gasteiger partial charge in [0.05, 0.1) is 10.7 Å². The molecule has 130 valence electrons. The molecule has 7 heteroatoms. The maximum atomic E-state index is 12.7. The first-order valence-electron chi connectivity index (χ1n) is 7.74. The van der Waals surface area contributed by atoms with Gasteiger partial charge in [-0.1, -0.05) is 53.0 Å². The number of likely N-dealkylation sites (tertiary alicyclic amines) is 1. The van der Waals surface area contributed by atoms with Crippen LogP contribution < -0.4 is 5.32 Å². The third-order valence-electron chi connectivity index (χ3n) is 4.12. The Labute approximate surface area is 160 Å². The Morgan fingerprint density at radius 1 is 1.12 bits per heavy atom. The molecule has 2 aromatic carbocycles. The van der Waals surface area contributed by atoms with Crippen molar-refractivity contribution < 1.29 is 9.59 Å². The summed E-state index contributed by atoms with van der Waals surface area (Å²) in [5, 5.41) is 4.18. The van der Waals surface area contributed by atoms with Crippen molar-refractivity contribution in [3.63, 3.8) is 0 Å². The minimum absolute atomic E-state index is 0.0673. The fourth-order valence-electron chi connectivity index (χ4n) is 2.82. The number of amides is 2. The van der Waals surface area contributed by atoms with Gasteiger partial charge in [-0.3, -0.25) is 9.59 Å². The van der Waals surface area contributed by atoms with Crippen molar-refractivity contribution in [2.45, 2.75) is 25.4 Å². The van der Waals surface area contributed by atoms with E-state index in [0.29, 0.717) is 40.1 Å². The first-order valence-corrected chi connectivity index (χ1v) is 8.88. The molecule has 0 aliphatic carbocycles. The van der Waals surface area contributed by atoms with Crippen molar-refractivity contribution in [3.05, 3.63) is 63.1 Å². The predicted octanol–water partition coefficient (Wildman–Crippen LogP) is 4.78. The molecule has 0 radical (unpaired) electrons. The molecule has 1 N–H and O–H groups in total. The highest BCUT2D eigenvalue weighted by Gasteiger charge is 2.36. The number of hydrogen-bond donors (Lipinski definition) is 1. The number of rotatable bonds is 4. The normalized spacial score (nSPS) is 17.0. The van der Waals surface area contributed by atoms with Gasteiger partial charge in [-0.15, -0.1) is 0 Å². The van der Waals surface area contributed by atoms with Gasteiger partial charge in [-0.2, -0.15) is 0 Å². The zero-order chi connectivity index (χ0) is 18.0. The van der Waals surface area contributed by atoms with Crippen LogP contribution in [-0.2, 0) is 16.1 Å². The quantitative estimate of drug-likeness (QED) is 0.807. The van der Waals surface area contributed by atoms with Crippen molar-refractivity contribution in [1.82, 2.24) is 4.90 Å². The van der Waals surface area contributed by atoms with E-state index in [2.05, 4.69) is 5.32 Å². The van der Waals surface area contributed by atoms with Crippen LogP contribution in [0.4, 0.5) is 5.69 Å². The van der Waals surface area contributed by atoms with Crippen LogP contribution in [0.1, 0.15) is 18.4 Å². The van der Waals surface area contributed by atoms with Gasteiger partial charge in [0.1, 0.15) is 6.04 Å². The number of hydrogen-bond acceptors (Lipinski definition) is 2. The van der Waals surface area contributed by atoms with Gasteiger partial charge in [0.25, 0.3) is 0 Å². The number of benzene rings is 2. The fraction of sp³-hybridized carbons (Fsp3) is 0.222. The van der Waals surface area contributed by atoms with Gasteiger partial charge in [0.2, 0.25) is 11.8 Å². The Hall–Kier alpha value is -1.75. The van der Waals surface area contributed by atoms with Crippen LogP contribution in [0.5, 0.6) is 0 Å². The molecular formula is C18H15Cl3N2O2. The van der Waals surface area contributed by atoms with E-state index in [0.717, 1.165) is 5.56 Å². The molecule has 0 unspecified atom stereocenters. The fourth-order valence-corrected chi connectivity index (χ4v) is 3.47. The topological polar surface area (TPSA) is 49.4 Å². The molecule has 1 fully saturated rings. The van der Waals surface area contributed by atoms with Gasteiger partial charge in [0.15, 0.2) is 0 Å². The van der Waals surface area contributed by atoms with Gasteiger partial charge in [-0.05, 0) is 36.2 Å². The third-order valence-corrected chi connectivity index (χ3v) is 5.03. The lowest BCUT2D eigenvalue weighted by Crippen LogP contribution is -2.41. The molecule has 0 aromatic heterocycles. The average molecular weight is 398 g/mol. The largest absolute Gasteiger partial charge is 0.326 e. The number of nitrogens with one attached hydrogen (secondary N) is 1. The lowest BCUT2D eigenvalue weighted by atomic mass is 10.1. The predicted molar refractivity (Wildman–Crippen MR) is 100 cm³/mol. The van der Waals surface area contributed by atoms with Crippen LogP contribution in [0, 0.1) is 0 Å². The number of carbonyl (C=O) groups excluding carboxylic acids is 2. The molecule has 1 aliphatic heterocycles. The summed E-state index contributed by atoms with van der Waals surface area (Å²) in [6.07, 6.45) is 0.789. The molecule has 1 atom stereocenters. The van der Waals surface area contributed by atoms with Crippen LogP contribution in [0.25, 0.3) is 0 Å². The Morgan fingerprint density at radius 3 is 2.60 bits per heavy atom. The molecule has 4 nitrogen and oxygen atoms in total. The van der Waals surface area contributed by atoms with Gasteiger partial charge < -0.3 is 10.2 Å². The summed E-state index contributed by atoms with van der Waals surface area (Å²) < 4.78 is 0. The second kappa shape index (κ2) is 7.65. The van der Waals surface area contributed by atoms with E-state index < -0.39 is 6.04 Å². The standard InChI is InChI=1S/C18H15Cl3N2O2/c19-12-5-6-15(14(21)9-12)22-18(25)16-7-8-17(24)23(16)10-11-3-1-2-4-13(11)20/h1-6,9,16H,7-8,10H2,(H,22,25)/t16-/m0/s1. The third kappa shape index (κ3) is 4.09. The molecule has 0 bridgehead atoms. The van der Waals surface area contributed by atoms with Crippen LogP contribution >= 0.6 is 34.8 Å². The minimum atomic E-state index is -0.560. The zero-order valence-corrected chi connectivity index (χ0v) is 15.4. The van der Waals surface area contributed by atoms with Crippen molar-refractivity contribution in [3.8, 4) is 0 Å². The van der Waals surface area contributed by atoms with E-state index in [4.69, 9.17) is 34.8 Å². The molecule has 25 heavy (non-hydrogen) atoms. The van der Waals surface area contributed by atoms with E-state index in [9.17, 15) is 9.59 Å². The van der Waals surface area contributed by atoms with Crippen molar-refractivity contribution in [2.75, 3.05) is 5.32 Å². The van der Waals surface area contributed by atoms with Crippen LogP contribution in [0.15, 0.2) is 42.5 Å². The Kier molecular flexibility index (Phi) is 5.52. The molecule has 1 aliphatic rings. The van der Waals surface area contributed by atoms with E-state index in [1.165, 1.54) is 0 Å². The van der Waals surface area contributed by atoms with E-state index in [1.54, 1.807) is 29.2 Å². The summed E-state index contributed by atoms with van der Waals surface area (Å²) in [5.74, 6) is -0.343. The van der Waals surface area contributed by atoms with Crippen molar-refractivity contribution in [1.29, 1.82) is 0 Å². The molecule has 0 saturated carbocycles. The number of carbonyl (C=O) groups is 2. The zero-order valence-electron chi connectivity index (χ0n) is 13.1. The molecule has 1 saturated heterocycles. The number of halogens is 3. The monoisotopic (exact) mass is 396 g/mol. The van der Waals surface area contributed by atoms with Gasteiger partial charge in [0, 0.05) is 23.0 Å². The summed E-state index contributed by atoms with van der Waals surface area (Å²) in [7, 11) is 0. The maximum Gasteiger partial charge on any atom is 0.247 e. The highest BCUT2D eigenvalue weighted by Crippen LogP contribution is 2.28. The van der Waals surface area contributed by atoms with Gasteiger partial charge >= 0.3 is 0 Å². The molecule has 0 spiro atoms. The molecule has 2 aromatic rings. The SMILES string of the molecule is O=C(Nc1ccc(Cl)cc1Cl)[C@@H]1CCC(=O)N1Cc1ccccc1Cl. The summed E-state index contributed by atoms with van der Waals surface area (Å²) >= 11 is 18.1. The Bertz CT molecular complexity index is 826. The molecular weight excluding hydrogens is 383 g/mol. The maximum absolute atomic E-state index is 12.7. The second-order valence-corrected chi connectivity index (χ2v) is 7.03. The van der Waals surface area contributed by atoms with Crippen LogP contribution in [0.2, 0.25) is 15.1 Å². The highest BCUT2D eigenvalue weighted by molar-refractivity contribution is 6.36.